The highest BCUT2D eigenvalue weighted by Crippen LogP contribution is 2.29. The van der Waals surface area contributed by atoms with E-state index in [4.69, 9.17) is 10.00 Å². The number of nitriles is 1. The van der Waals surface area contributed by atoms with E-state index in [1.807, 2.05) is 11.0 Å². The maximum Gasteiger partial charge on any atom is 0.147 e. The molecule has 0 aliphatic carbocycles. The van der Waals surface area contributed by atoms with Crippen molar-refractivity contribution in [3.63, 3.8) is 0 Å². The zero-order valence-electron chi connectivity index (χ0n) is 10.7. The van der Waals surface area contributed by atoms with Crippen molar-refractivity contribution in [3.8, 4) is 6.07 Å². The van der Waals surface area contributed by atoms with Crippen LogP contribution < -0.4 is 4.90 Å². The maximum absolute atomic E-state index is 13.9. The van der Waals surface area contributed by atoms with Crippen molar-refractivity contribution in [1.29, 1.82) is 5.26 Å². The first-order valence-electron chi connectivity index (χ1n) is 6.08. The van der Waals surface area contributed by atoms with Crippen LogP contribution in [-0.4, -0.2) is 25.8 Å². The average Bonchev–Trinajstić information content (AvgIpc) is 2.40. The minimum absolute atomic E-state index is 0.0976. The van der Waals surface area contributed by atoms with Gasteiger partial charge in [-0.1, -0.05) is 0 Å². The Hall–Kier alpha value is -1.60. The monoisotopic (exact) mass is 248 g/mol. The summed E-state index contributed by atoms with van der Waals surface area (Å²) < 4.78 is 19.3. The molecule has 0 amide bonds. The average molecular weight is 248 g/mol. The Balaban J connectivity index is 2.13. The van der Waals surface area contributed by atoms with Crippen molar-refractivity contribution < 1.29 is 9.13 Å². The standard InChI is InChI=1S/C14H17FN2O/c1-14(18-2)5-7-17(8-6-14)13-4-3-11(10-16)9-12(13)15/h3-4,9H,5-8H2,1-2H3. The lowest BCUT2D eigenvalue weighted by Gasteiger charge is -2.39. The van der Waals surface area contributed by atoms with Crippen LogP contribution in [0.1, 0.15) is 25.3 Å². The summed E-state index contributed by atoms with van der Waals surface area (Å²) in [7, 11) is 1.72. The van der Waals surface area contributed by atoms with Gasteiger partial charge in [-0.05, 0) is 38.0 Å². The first-order chi connectivity index (χ1) is 8.58. The molecule has 1 aromatic rings. The fourth-order valence-electron chi connectivity index (χ4n) is 2.26. The number of ether oxygens (including phenoxy) is 1. The SMILES string of the molecule is COC1(C)CCN(c2ccc(C#N)cc2F)CC1. The topological polar surface area (TPSA) is 36.3 Å². The summed E-state index contributed by atoms with van der Waals surface area (Å²) in [5, 5.41) is 8.72. The van der Waals surface area contributed by atoms with Crippen molar-refractivity contribution in [3.05, 3.63) is 29.6 Å². The molecular formula is C14H17FN2O. The van der Waals surface area contributed by atoms with Gasteiger partial charge in [0.15, 0.2) is 0 Å². The highest BCUT2D eigenvalue weighted by atomic mass is 19.1. The lowest BCUT2D eigenvalue weighted by Crippen LogP contribution is -2.44. The van der Waals surface area contributed by atoms with Gasteiger partial charge in [0, 0.05) is 20.2 Å². The molecule has 3 nitrogen and oxygen atoms in total. The lowest BCUT2D eigenvalue weighted by atomic mass is 9.93. The number of rotatable bonds is 2. The Labute approximate surface area is 107 Å². The quantitative estimate of drug-likeness (QED) is 0.807. The van der Waals surface area contributed by atoms with Crippen LogP contribution in [0.2, 0.25) is 0 Å². The smallest absolute Gasteiger partial charge is 0.147 e. The fourth-order valence-corrected chi connectivity index (χ4v) is 2.26. The number of piperidine rings is 1. The first-order valence-corrected chi connectivity index (χ1v) is 6.08. The zero-order chi connectivity index (χ0) is 13.2. The third-order valence-corrected chi connectivity index (χ3v) is 3.73. The van der Waals surface area contributed by atoms with E-state index in [1.54, 1.807) is 19.2 Å². The van der Waals surface area contributed by atoms with Gasteiger partial charge in [0.05, 0.1) is 22.9 Å². The van der Waals surface area contributed by atoms with Gasteiger partial charge in [0.1, 0.15) is 5.82 Å². The minimum atomic E-state index is -0.324. The number of methoxy groups -OCH3 is 1. The molecule has 0 spiro atoms. The molecule has 0 atom stereocenters. The Morgan fingerprint density at radius 3 is 2.56 bits per heavy atom. The fraction of sp³-hybridized carbons (Fsp3) is 0.500. The molecule has 96 valence electrons. The lowest BCUT2D eigenvalue weighted by molar-refractivity contribution is -0.0133. The third-order valence-electron chi connectivity index (χ3n) is 3.73. The number of hydrogen-bond acceptors (Lipinski definition) is 3. The van der Waals surface area contributed by atoms with Crippen LogP contribution in [0.4, 0.5) is 10.1 Å². The molecule has 0 N–H and O–H groups in total. The molecule has 0 bridgehead atoms. The van der Waals surface area contributed by atoms with Gasteiger partial charge in [-0.2, -0.15) is 5.26 Å². The highest BCUT2D eigenvalue weighted by molar-refractivity contribution is 5.51. The van der Waals surface area contributed by atoms with Crippen molar-refractivity contribution in [2.24, 2.45) is 0 Å². The summed E-state index contributed by atoms with van der Waals surface area (Å²) in [6, 6.07) is 6.57. The van der Waals surface area contributed by atoms with Crippen LogP contribution in [0.15, 0.2) is 18.2 Å². The molecule has 0 radical (unpaired) electrons. The molecular weight excluding hydrogens is 231 g/mol. The molecule has 18 heavy (non-hydrogen) atoms. The van der Waals surface area contributed by atoms with Crippen LogP contribution in [0.25, 0.3) is 0 Å². The van der Waals surface area contributed by atoms with E-state index in [2.05, 4.69) is 6.92 Å². The third kappa shape index (κ3) is 2.46. The molecule has 2 rings (SSSR count). The highest BCUT2D eigenvalue weighted by Gasteiger charge is 2.30. The van der Waals surface area contributed by atoms with Crippen LogP contribution in [-0.2, 0) is 4.74 Å². The summed E-state index contributed by atoms with van der Waals surface area (Å²) in [5.74, 6) is -0.324. The van der Waals surface area contributed by atoms with E-state index in [1.165, 1.54) is 6.07 Å². The van der Waals surface area contributed by atoms with Gasteiger partial charge in [-0.25, -0.2) is 4.39 Å². The number of hydrogen-bond donors (Lipinski definition) is 0. The second kappa shape index (κ2) is 4.95. The van der Waals surface area contributed by atoms with Crippen molar-refractivity contribution >= 4 is 5.69 Å². The predicted molar refractivity (Wildman–Crippen MR) is 68.0 cm³/mol. The molecule has 1 aliphatic heterocycles. The van der Waals surface area contributed by atoms with Crippen LogP contribution in [0.5, 0.6) is 0 Å². The molecule has 1 heterocycles. The number of benzene rings is 1. The van der Waals surface area contributed by atoms with E-state index in [9.17, 15) is 4.39 Å². The van der Waals surface area contributed by atoms with Gasteiger partial charge in [0.2, 0.25) is 0 Å². The maximum atomic E-state index is 13.9. The van der Waals surface area contributed by atoms with Gasteiger partial charge in [0.25, 0.3) is 0 Å². The van der Waals surface area contributed by atoms with Crippen LogP contribution >= 0.6 is 0 Å². The Morgan fingerprint density at radius 1 is 1.39 bits per heavy atom. The van der Waals surface area contributed by atoms with Gasteiger partial charge in [-0.15, -0.1) is 0 Å². The summed E-state index contributed by atoms with van der Waals surface area (Å²) in [5.41, 5.74) is 0.835. The van der Waals surface area contributed by atoms with Gasteiger partial charge < -0.3 is 9.64 Å². The minimum Gasteiger partial charge on any atom is -0.378 e. The largest absolute Gasteiger partial charge is 0.378 e. The molecule has 0 unspecified atom stereocenters. The first kappa shape index (κ1) is 12.8. The van der Waals surface area contributed by atoms with Crippen molar-refractivity contribution in [2.45, 2.75) is 25.4 Å². The van der Waals surface area contributed by atoms with E-state index in [0.717, 1.165) is 25.9 Å². The molecule has 0 saturated carbocycles. The van der Waals surface area contributed by atoms with Crippen LogP contribution in [0.3, 0.4) is 0 Å². The molecule has 1 aliphatic rings. The van der Waals surface area contributed by atoms with Crippen LogP contribution in [0, 0.1) is 17.1 Å². The Morgan fingerprint density at radius 2 is 2.06 bits per heavy atom. The Bertz CT molecular complexity index is 473. The number of halogens is 1. The second-order valence-electron chi connectivity index (χ2n) is 4.92. The number of nitrogens with zero attached hydrogens (tertiary/aromatic N) is 2. The molecule has 1 saturated heterocycles. The molecule has 4 heteroatoms. The number of anilines is 1. The predicted octanol–water partition coefficient (Wildman–Crippen LogP) is 2.70. The normalized spacial score (nSPS) is 18.4. The summed E-state index contributed by atoms with van der Waals surface area (Å²) in [4.78, 5) is 2.01. The molecule has 1 aromatic carbocycles. The van der Waals surface area contributed by atoms with E-state index < -0.39 is 0 Å². The van der Waals surface area contributed by atoms with Crippen molar-refractivity contribution in [2.75, 3.05) is 25.1 Å². The summed E-state index contributed by atoms with van der Waals surface area (Å²) in [6.45, 7) is 3.62. The zero-order valence-corrected chi connectivity index (χ0v) is 10.7. The molecule has 1 fully saturated rings. The Kier molecular flexibility index (Phi) is 3.53. The second-order valence-corrected chi connectivity index (χ2v) is 4.92. The van der Waals surface area contributed by atoms with E-state index >= 15 is 0 Å². The summed E-state index contributed by atoms with van der Waals surface area (Å²) in [6.07, 6.45) is 1.76. The van der Waals surface area contributed by atoms with Gasteiger partial charge >= 0.3 is 0 Å². The summed E-state index contributed by atoms with van der Waals surface area (Å²) >= 11 is 0. The van der Waals surface area contributed by atoms with E-state index in [-0.39, 0.29) is 11.4 Å². The van der Waals surface area contributed by atoms with E-state index in [0.29, 0.717) is 11.3 Å². The molecule has 0 aromatic heterocycles. The van der Waals surface area contributed by atoms with Crippen molar-refractivity contribution in [1.82, 2.24) is 0 Å². The van der Waals surface area contributed by atoms with Gasteiger partial charge in [-0.3, -0.25) is 0 Å².